The van der Waals surface area contributed by atoms with Crippen molar-refractivity contribution < 1.29 is 14.3 Å². The molecule has 1 heterocycles. The first-order chi connectivity index (χ1) is 8.20. The molecule has 4 aliphatic rings. The summed E-state index contributed by atoms with van der Waals surface area (Å²) in [5, 5.41) is 0. The maximum absolute atomic E-state index is 11.8. The molecule has 5 atom stereocenters. The van der Waals surface area contributed by atoms with Gasteiger partial charge in [0.1, 0.15) is 0 Å². The highest BCUT2D eigenvalue weighted by Gasteiger charge is 2.77. The molecule has 4 fully saturated rings. The number of ether oxygens (including phenoxy) is 1. The molecule has 0 amide bonds. The second-order valence-electron chi connectivity index (χ2n) is 6.38. The molecule has 3 aliphatic carbocycles. The number of cyclic esters (lactones) is 2. The zero-order valence-electron chi connectivity index (χ0n) is 10.1. The number of carbonyl (C=O) groups excluding carboxylic acids is 2. The highest BCUT2D eigenvalue weighted by Crippen LogP contribution is 2.79. The van der Waals surface area contributed by atoms with Gasteiger partial charge in [0.05, 0.1) is 11.8 Å². The molecule has 1 aliphatic heterocycles. The predicted octanol–water partition coefficient (Wildman–Crippen LogP) is 2.15. The summed E-state index contributed by atoms with van der Waals surface area (Å²) < 4.78 is 4.85. The van der Waals surface area contributed by atoms with Crippen molar-refractivity contribution in [2.24, 2.45) is 35.0 Å². The van der Waals surface area contributed by atoms with Gasteiger partial charge in [0.2, 0.25) is 0 Å². The largest absolute Gasteiger partial charge is 0.393 e. The van der Waals surface area contributed by atoms with E-state index in [9.17, 15) is 9.59 Å². The monoisotopic (exact) mass is 234 g/mol. The summed E-state index contributed by atoms with van der Waals surface area (Å²) in [5.41, 5.74) is 0.375. The first-order valence-corrected chi connectivity index (χ1v) is 6.95. The summed E-state index contributed by atoms with van der Waals surface area (Å²) in [6, 6.07) is 0. The Morgan fingerprint density at radius 2 is 1.76 bits per heavy atom. The van der Waals surface area contributed by atoms with Gasteiger partial charge in [-0.05, 0) is 42.4 Å². The lowest BCUT2D eigenvalue weighted by Crippen LogP contribution is -2.24. The van der Waals surface area contributed by atoms with Gasteiger partial charge in [0.25, 0.3) is 0 Å². The van der Waals surface area contributed by atoms with Crippen molar-refractivity contribution in [2.45, 2.75) is 39.0 Å². The number of hydrogen-bond acceptors (Lipinski definition) is 3. The summed E-state index contributed by atoms with van der Waals surface area (Å²) >= 11 is 0. The Balaban J connectivity index is 1.70. The second-order valence-corrected chi connectivity index (χ2v) is 6.38. The third-order valence-electron chi connectivity index (χ3n) is 6.01. The maximum atomic E-state index is 11.8. The van der Waals surface area contributed by atoms with Crippen LogP contribution in [0.25, 0.3) is 0 Å². The van der Waals surface area contributed by atoms with Crippen LogP contribution >= 0.6 is 0 Å². The molecule has 3 nitrogen and oxygen atoms in total. The van der Waals surface area contributed by atoms with Crippen molar-refractivity contribution >= 4 is 11.9 Å². The molecule has 3 saturated carbocycles. The van der Waals surface area contributed by atoms with E-state index in [0.29, 0.717) is 17.3 Å². The number of rotatable bonds is 2. The van der Waals surface area contributed by atoms with E-state index in [1.54, 1.807) is 0 Å². The van der Waals surface area contributed by atoms with Crippen molar-refractivity contribution in [3.8, 4) is 0 Å². The highest BCUT2D eigenvalue weighted by molar-refractivity contribution is 5.98. The lowest BCUT2D eigenvalue weighted by molar-refractivity contribution is -0.155. The Bertz CT molecular complexity index is 386. The molecule has 17 heavy (non-hydrogen) atoms. The van der Waals surface area contributed by atoms with Gasteiger partial charge < -0.3 is 4.74 Å². The summed E-state index contributed by atoms with van der Waals surface area (Å²) in [4.78, 5) is 23.6. The van der Waals surface area contributed by atoms with Gasteiger partial charge in [-0.1, -0.05) is 19.8 Å². The Labute approximate surface area is 101 Å². The standard InChI is InChI=1S/C14H18O3/c1-2-3-7-6-14(7)8-4-5-9(14)11-10(8)12(15)17-13(11)16/h7-11H,2-6H2,1H3. The Morgan fingerprint density at radius 1 is 1.18 bits per heavy atom. The fraction of sp³-hybridized carbons (Fsp3) is 0.857. The molecule has 0 aromatic rings. The number of carbonyl (C=O) groups is 2. The molecular weight excluding hydrogens is 216 g/mol. The second kappa shape index (κ2) is 2.93. The van der Waals surface area contributed by atoms with E-state index in [1.165, 1.54) is 19.3 Å². The molecule has 0 radical (unpaired) electrons. The normalized spacial score (nSPS) is 54.3. The van der Waals surface area contributed by atoms with Crippen molar-refractivity contribution in [1.29, 1.82) is 0 Å². The van der Waals surface area contributed by atoms with Crippen LogP contribution < -0.4 is 0 Å². The zero-order valence-corrected chi connectivity index (χ0v) is 10.1. The first kappa shape index (κ1) is 10.1. The van der Waals surface area contributed by atoms with Crippen molar-refractivity contribution in [3.63, 3.8) is 0 Å². The lowest BCUT2D eigenvalue weighted by atomic mass is 9.81. The van der Waals surface area contributed by atoms with Gasteiger partial charge in [-0.3, -0.25) is 9.59 Å². The average Bonchev–Trinajstić information content (AvgIpc) is 2.65. The lowest BCUT2D eigenvalue weighted by Gasteiger charge is -2.18. The minimum absolute atomic E-state index is 0.0666. The average molecular weight is 234 g/mol. The Morgan fingerprint density at radius 3 is 2.29 bits per heavy atom. The van der Waals surface area contributed by atoms with Crippen molar-refractivity contribution in [3.05, 3.63) is 0 Å². The fourth-order valence-electron chi connectivity index (χ4n) is 5.55. The molecule has 1 saturated heterocycles. The molecule has 0 N–H and O–H groups in total. The highest BCUT2D eigenvalue weighted by atomic mass is 16.6. The third-order valence-corrected chi connectivity index (χ3v) is 6.01. The van der Waals surface area contributed by atoms with E-state index in [4.69, 9.17) is 4.74 Å². The molecule has 92 valence electrons. The molecule has 4 rings (SSSR count). The minimum Gasteiger partial charge on any atom is -0.393 e. The predicted molar refractivity (Wildman–Crippen MR) is 59.7 cm³/mol. The van der Waals surface area contributed by atoms with Crippen LogP contribution in [0.5, 0.6) is 0 Å². The van der Waals surface area contributed by atoms with E-state index >= 15 is 0 Å². The van der Waals surface area contributed by atoms with E-state index in [1.807, 2.05) is 0 Å². The molecule has 0 aromatic carbocycles. The Kier molecular flexibility index (Phi) is 1.74. The molecule has 5 unspecified atom stereocenters. The summed E-state index contributed by atoms with van der Waals surface area (Å²) in [7, 11) is 0. The van der Waals surface area contributed by atoms with Crippen molar-refractivity contribution in [2.75, 3.05) is 0 Å². The van der Waals surface area contributed by atoms with Gasteiger partial charge >= 0.3 is 11.9 Å². The SMILES string of the molecule is CCCC1CC12C1CCC2C2C(=O)OC(=O)C21. The first-order valence-electron chi connectivity index (χ1n) is 6.95. The maximum Gasteiger partial charge on any atom is 0.317 e. The topological polar surface area (TPSA) is 43.4 Å². The molecule has 3 heteroatoms. The van der Waals surface area contributed by atoms with Crippen LogP contribution in [0.15, 0.2) is 0 Å². The van der Waals surface area contributed by atoms with Gasteiger partial charge in [0.15, 0.2) is 0 Å². The molecule has 0 aromatic heterocycles. The fourth-order valence-corrected chi connectivity index (χ4v) is 5.55. The van der Waals surface area contributed by atoms with Crippen LogP contribution in [0.2, 0.25) is 0 Å². The summed E-state index contributed by atoms with van der Waals surface area (Å²) in [6.45, 7) is 2.23. The van der Waals surface area contributed by atoms with Crippen LogP contribution in [0.4, 0.5) is 0 Å². The smallest absolute Gasteiger partial charge is 0.317 e. The molecular formula is C14H18O3. The van der Waals surface area contributed by atoms with E-state index < -0.39 is 0 Å². The van der Waals surface area contributed by atoms with Crippen LogP contribution in [-0.4, -0.2) is 11.9 Å². The van der Waals surface area contributed by atoms with Crippen molar-refractivity contribution in [1.82, 2.24) is 0 Å². The summed E-state index contributed by atoms with van der Waals surface area (Å²) in [6.07, 6.45) is 6.06. The molecule has 1 spiro atoms. The summed E-state index contributed by atoms with van der Waals surface area (Å²) in [5.74, 6) is 1.16. The third kappa shape index (κ3) is 0.962. The number of fused-ring (bicyclic) bond motifs is 3. The van der Waals surface area contributed by atoms with Crippen LogP contribution in [0.3, 0.4) is 0 Å². The van der Waals surface area contributed by atoms with Crippen LogP contribution in [-0.2, 0) is 14.3 Å². The minimum atomic E-state index is -0.214. The van der Waals surface area contributed by atoms with E-state index in [2.05, 4.69) is 6.92 Å². The number of esters is 2. The Hall–Kier alpha value is -0.860. The van der Waals surface area contributed by atoms with Gasteiger partial charge in [0, 0.05) is 0 Å². The van der Waals surface area contributed by atoms with E-state index in [0.717, 1.165) is 18.8 Å². The molecule has 2 bridgehead atoms. The number of hydrogen-bond donors (Lipinski definition) is 0. The van der Waals surface area contributed by atoms with Gasteiger partial charge in [-0.2, -0.15) is 0 Å². The zero-order chi connectivity index (χ0) is 11.8. The quantitative estimate of drug-likeness (QED) is 0.543. The van der Waals surface area contributed by atoms with Gasteiger partial charge in [-0.25, -0.2) is 0 Å². The van der Waals surface area contributed by atoms with Gasteiger partial charge in [-0.15, -0.1) is 0 Å². The van der Waals surface area contributed by atoms with E-state index in [-0.39, 0.29) is 23.8 Å². The van der Waals surface area contributed by atoms with Crippen LogP contribution in [0, 0.1) is 35.0 Å². The van der Waals surface area contributed by atoms with Crippen LogP contribution in [0.1, 0.15) is 39.0 Å².